The smallest absolute Gasteiger partial charge is 0.279 e. The van der Waals surface area contributed by atoms with Crippen LogP contribution in [-0.2, 0) is 10.0 Å². The lowest BCUT2D eigenvalue weighted by molar-refractivity contribution is 0.371. The van der Waals surface area contributed by atoms with E-state index in [1.807, 2.05) is 18.2 Å². The average Bonchev–Trinajstić information content (AvgIpc) is 3.49. The van der Waals surface area contributed by atoms with E-state index in [-0.39, 0.29) is 16.5 Å². The first-order chi connectivity index (χ1) is 15.5. The largest absolute Gasteiger partial charge is 0.497 e. The Morgan fingerprint density at radius 1 is 1.09 bits per heavy atom. The number of hydrazone groups is 1. The molecule has 0 N–H and O–H groups in total. The second-order valence-corrected chi connectivity index (χ2v) is 9.42. The molecule has 0 fully saturated rings. The number of aromatic nitrogens is 1. The van der Waals surface area contributed by atoms with E-state index in [1.165, 1.54) is 18.4 Å². The highest BCUT2D eigenvalue weighted by Gasteiger charge is 2.39. The Labute approximate surface area is 189 Å². The normalized spacial score (nSPS) is 16.4. The molecule has 0 aliphatic carbocycles. The molecule has 0 spiro atoms. The maximum atomic E-state index is 13.5. The highest BCUT2D eigenvalue weighted by atomic mass is 35.5. The van der Waals surface area contributed by atoms with Crippen LogP contribution in [0.1, 0.15) is 23.8 Å². The first kappa shape index (κ1) is 20.5. The molecule has 0 amide bonds. The minimum absolute atomic E-state index is 0.140. The topological polar surface area (TPSA) is 85.0 Å². The molecule has 3 heterocycles. The van der Waals surface area contributed by atoms with E-state index in [0.29, 0.717) is 28.3 Å². The molecule has 1 aliphatic rings. The van der Waals surface area contributed by atoms with E-state index in [1.54, 1.807) is 43.5 Å². The summed E-state index contributed by atoms with van der Waals surface area (Å²) >= 11 is 6.55. The predicted molar refractivity (Wildman–Crippen MR) is 121 cm³/mol. The summed E-state index contributed by atoms with van der Waals surface area (Å²) in [6, 6.07) is 18.3. The lowest BCUT2D eigenvalue weighted by Gasteiger charge is -2.24. The number of rotatable bonds is 5. The van der Waals surface area contributed by atoms with Gasteiger partial charge in [-0.2, -0.15) is 17.9 Å². The van der Waals surface area contributed by atoms with Crippen LogP contribution in [0.3, 0.4) is 0 Å². The third-order valence-corrected chi connectivity index (χ3v) is 7.33. The molecule has 0 radical (unpaired) electrons. The van der Waals surface area contributed by atoms with Crippen LogP contribution in [0, 0.1) is 0 Å². The summed E-state index contributed by atoms with van der Waals surface area (Å²) in [4.78, 5) is 4.63. The third kappa shape index (κ3) is 3.51. The number of pyridine rings is 1. The van der Waals surface area contributed by atoms with Gasteiger partial charge in [-0.15, -0.1) is 0 Å². The lowest BCUT2D eigenvalue weighted by Crippen LogP contribution is -2.27. The second-order valence-electron chi connectivity index (χ2n) is 7.26. The van der Waals surface area contributed by atoms with Gasteiger partial charge in [-0.25, -0.2) is 4.98 Å². The van der Waals surface area contributed by atoms with E-state index in [2.05, 4.69) is 10.1 Å². The zero-order valence-corrected chi connectivity index (χ0v) is 18.5. The Kier molecular flexibility index (Phi) is 5.11. The van der Waals surface area contributed by atoms with E-state index in [9.17, 15) is 8.42 Å². The monoisotopic (exact) mass is 467 g/mol. The first-order valence-corrected chi connectivity index (χ1v) is 11.6. The van der Waals surface area contributed by atoms with Gasteiger partial charge in [0, 0.05) is 17.4 Å². The van der Waals surface area contributed by atoms with Crippen molar-refractivity contribution in [3.8, 4) is 5.75 Å². The van der Waals surface area contributed by atoms with Crippen molar-refractivity contribution in [2.75, 3.05) is 7.11 Å². The fourth-order valence-corrected chi connectivity index (χ4v) is 5.46. The summed E-state index contributed by atoms with van der Waals surface area (Å²) < 4.78 is 38.9. The van der Waals surface area contributed by atoms with Crippen molar-refractivity contribution in [3.05, 3.63) is 89.5 Å². The number of hydrogen-bond donors (Lipinski definition) is 0. The van der Waals surface area contributed by atoms with E-state index < -0.39 is 16.1 Å². The fraction of sp³-hybridized carbons (Fsp3) is 0.130. The summed E-state index contributed by atoms with van der Waals surface area (Å²) in [6.45, 7) is 0. The van der Waals surface area contributed by atoms with E-state index in [4.69, 9.17) is 20.8 Å². The van der Waals surface area contributed by atoms with Crippen LogP contribution in [0.4, 0.5) is 0 Å². The molecule has 0 saturated carbocycles. The first-order valence-electron chi connectivity index (χ1n) is 9.82. The number of methoxy groups -OCH3 is 1. The van der Waals surface area contributed by atoms with Crippen molar-refractivity contribution in [1.29, 1.82) is 0 Å². The molecular weight excluding hydrogens is 450 g/mol. The lowest BCUT2D eigenvalue weighted by atomic mass is 10.0. The van der Waals surface area contributed by atoms with Gasteiger partial charge in [-0.3, -0.25) is 0 Å². The van der Waals surface area contributed by atoms with Gasteiger partial charge < -0.3 is 9.15 Å². The molecule has 1 atom stereocenters. The molecule has 7 nitrogen and oxygen atoms in total. The molecule has 0 bridgehead atoms. The van der Waals surface area contributed by atoms with Gasteiger partial charge in [0.15, 0.2) is 0 Å². The van der Waals surface area contributed by atoms with Crippen molar-refractivity contribution in [2.45, 2.75) is 17.4 Å². The molecule has 9 heteroatoms. The maximum absolute atomic E-state index is 13.5. The Balaban J connectivity index is 1.65. The third-order valence-electron chi connectivity index (χ3n) is 5.33. The van der Waals surface area contributed by atoms with E-state index in [0.717, 1.165) is 9.80 Å². The number of nitrogens with zero attached hydrogens (tertiary/aromatic N) is 3. The van der Waals surface area contributed by atoms with Crippen LogP contribution < -0.4 is 4.74 Å². The van der Waals surface area contributed by atoms with Crippen LogP contribution in [-0.4, -0.2) is 30.6 Å². The summed E-state index contributed by atoms with van der Waals surface area (Å²) in [5, 5.41) is 5.45. The Hall–Kier alpha value is -3.36. The molecule has 0 saturated heterocycles. The van der Waals surface area contributed by atoms with Crippen LogP contribution in [0.2, 0.25) is 5.15 Å². The minimum Gasteiger partial charge on any atom is -0.497 e. The van der Waals surface area contributed by atoms with Gasteiger partial charge in [0.05, 0.1) is 29.8 Å². The van der Waals surface area contributed by atoms with Crippen LogP contribution >= 0.6 is 11.6 Å². The van der Waals surface area contributed by atoms with Gasteiger partial charge in [0.1, 0.15) is 22.4 Å². The Morgan fingerprint density at radius 2 is 1.91 bits per heavy atom. The van der Waals surface area contributed by atoms with Crippen molar-refractivity contribution < 1.29 is 17.6 Å². The highest BCUT2D eigenvalue weighted by Crippen LogP contribution is 2.40. The fourth-order valence-electron chi connectivity index (χ4n) is 3.74. The Morgan fingerprint density at radius 3 is 2.62 bits per heavy atom. The number of benzene rings is 2. The molecule has 0 unspecified atom stereocenters. The number of sulfonamides is 1. The van der Waals surface area contributed by atoms with Crippen molar-refractivity contribution >= 4 is 38.2 Å². The summed E-state index contributed by atoms with van der Waals surface area (Å²) in [7, 11) is -2.37. The molecule has 5 rings (SSSR count). The van der Waals surface area contributed by atoms with Gasteiger partial charge in [-0.05, 0) is 48.5 Å². The van der Waals surface area contributed by atoms with Crippen LogP contribution in [0.15, 0.2) is 87.4 Å². The number of furan rings is 1. The number of ether oxygens (including phenoxy) is 1. The quantitative estimate of drug-likeness (QED) is 0.384. The Bertz CT molecular complexity index is 1420. The second kappa shape index (κ2) is 7.96. The van der Waals surface area contributed by atoms with Gasteiger partial charge in [-0.1, -0.05) is 29.8 Å². The summed E-state index contributed by atoms with van der Waals surface area (Å²) in [6.07, 6.45) is 1.81. The summed E-state index contributed by atoms with van der Waals surface area (Å²) in [5.41, 5.74) is 1.75. The summed E-state index contributed by atoms with van der Waals surface area (Å²) in [5.74, 6) is 1.17. The molecule has 1 aliphatic heterocycles. The van der Waals surface area contributed by atoms with Crippen molar-refractivity contribution in [1.82, 2.24) is 9.40 Å². The van der Waals surface area contributed by atoms with Crippen LogP contribution in [0.5, 0.6) is 5.75 Å². The van der Waals surface area contributed by atoms with Gasteiger partial charge in [0.25, 0.3) is 10.0 Å². The minimum atomic E-state index is -3.95. The van der Waals surface area contributed by atoms with Gasteiger partial charge >= 0.3 is 0 Å². The standard InChI is InChI=1S/C23H18ClN3O4S/c1-30-16-9-10-19-15(12-16)13-18(23(24)25-19)21-14-20(22-8-5-11-31-22)26-27(21)32(28,29)17-6-3-2-4-7-17/h2-13,21H,14H2,1H3/t21-/m0/s1. The molecule has 2 aromatic carbocycles. The predicted octanol–water partition coefficient (Wildman–Crippen LogP) is 5.03. The molecular formula is C23H18ClN3O4S. The van der Waals surface area contributed by atoms with E-state index >= 15 is 0 Å². The zero-order chi connectivity index (χ0) is 22.3. The van der Waals surface area contributed by atoms with Crippen LogP contribution in [0.25, 0.3) is 10.9 Å². The molecule has 162 valence electrons. The molecule has 4 aromatic rings. The molecule has 32 heavy (non-hydrogen) atoms. The highest BCUT2D eigenvalue weighted by molar-refractivity contribution is 7.89. The molecule has 2 aromatic heterocycles. The van der Waals surface area contributed by atoms with Gasteiger partial charge in [0.2, 0.25) is 0 Å². The number of fused-ring (bicyclic) bond motifs is 1. The number of hydrogen-bond acceptors (Lipinski definition) is 6. The SMILES string of the molecule is COc1ccc2nc(Cl)c([C@@H]3CC(c4ccco4)=NN3S(=O)(=O)c3ccccc3)cc2c1. The van der Waals surface area contributed by atoms with Crippen molar-refractivity contribution in [3.63, 3.8) is 0 Å². The maximum Gasteiger partial charge on any atom is 0.279 e. The zero-order valence-electron chi connectivity index (χ0n) is 17.0. The average molecular weight is 468 g/mol. The van der Waals surface area contributed by atoms with Crippen molar-refractivity contribution in [2.24, 2.45) is 5.10 Å². The number of halogens is 1.